The zero-order valence-electron chi connectivity index (χ0n) is 19.5. The molecule has 8 heteroatoms. The monoisotopic (exact) mass is 437 g/mol. The molecule has 0 fully saturated rings. The number of aromatic nitrogens is 2. The largest absolute Gasteiger partial charge is 0.493 e. The summed E-state index contributed by atoms with van der Waals surface area (Å²) in [6, 6.07) is 14.1. The molecule has 0 atom stereocenters. The fourth-order valence-corrected chi connectivity index (χ4v) is 3.62. The average Bonchev–Trinajstić information content (AvgIpc) is 3.16. The third-order valence-electron chi connectivity index (χ3n) is 5.13. The summed E-state index contributed by atoms with van der Waals surface area (Å²) in [7, 11) is 6.56. The first kappa shape index (κ1) is 23.0. The van der Waals surface area contributed by atoms with Crippen LogP contribution in [-0.2, 0) is 13.1 Å². The van der Waals surface area contributed by atoms with Crippen molar-refractivity contribution in [1.29, 1.82) is 0 Å². The van der Waals surface area contributed by atoms with Crippen LogP contribution in [-0.4, -0.2) is 44.1 Å². The summed E-state index contributed by atoms with van der Waals surface area (Å²) in [5.74, 6) is 2.49. The lowest BCUT2D eigenvalue weighted by atomic mass is 10.1. The van der Waals surface area contributed by atoms with Gasteiger partial charge in [-0.1, -0.05) is 18.2 Å². The van der Waals surface area contributed by atoms with Crippen LogP contribution in [0.15, 0.2) is 47.5 Å². The van der Waals surface area contributed by atoms with E-state index in [-0.39, 0.29) is 0 Å². The minimum atomic E-state index is 0.502. The van der Waals surface area contributed by atoms with Gasteiger partial charge in [-0.15, -0.1) is 0 Å². The second-order valence-corrected chi connectivity index (χ2v) is 7.24. The van der Waals surface area contributed by atoms with Gasteiger partial charge in [0, 0.05) is 31.4 Å². The quantitative estimate of drug-likeness (QED) is 0.415. The third kappa shape index (κ3) is 4.96. The van der Waals surface area contributed by atoms with E-state index >= 15 is 0 Å². The molecule has 0 amide bonds. The van der Waals surface area contributed by atoms with Gasteiger partial charge in [0.15, 0.2) is 17.5 Å². The number of benzene rings is 2. The highest BCUT2D eigenvalue weighted by Gasteiger charge is 2.16. The van der Waals surface area contributed by atoms with Crippen LogP contribution >= 0.6 is 0 Å². The summed E-state index contributed by atoms with van der Waals surface area (Å²) < 4.78 is 18.4. The number of aliphatic imine (C=N–C) groups is 1. The van der Waals surface area contributed by atoms with Crippen molar-refractivity contribution in [3.05, 3.63) is 65.0 Å². The summed E-state index contributed by atoms with van der Waals surface area (Å²) in [4.78, 5) is 4.35. The molecule has 0 aliphatic heterocycles. The number of methoxy groups -OCH3 is 3. The van der Waals surface area contributed by atoms with Gasteiger partial charge in [0.2, 0.25) is 5.75 Å². The number of aryl methyl sites for hydroxylation is 2. The van der Waals surface area contributed by atoms with Crippen LogP contribution in [0.3, 0.4) is 0 Å². The van der Waals surface area contributed by atoms with Gasteiger partial charge < -0.3 is 24.8 Å². The second-order valence-electron chi connectivity index (χ2n) is 7.24. The molecule has 170 valence electrons. The number of rotatable bonds is 8. The van der Waals surface area contributed by atoms with Crippen LogP contribution in [0.4, 0.5) is 0 Å². The minimum Gasteiger partial charge on any atom is -0.493 e. The van der Waals surface area contributed by atoms with Crippen LogP contribution in [0, 0.1) is 13.8 Å². The fraction of sp³-hybridized carbons (Fsp3) is 0.333. The van der Waals surface area contributed by atoms with Crippen molar-refractivity contribution in [2.24, 2.45) is 4.99 Å². The Morgan fingerprint density at radius 2 is 1.59 bits per heavy atom. The molecule has 8 nitrogen and oxygen atoms in total. The molecule has 1 aromatic heterocycles. The van der Waals surface area contributed by atoms with Gasteiger partial charge in [0.25, 0.3) is 0 Å². The van der Waals surface area contributed by atoms with Crippen LogP contribution in [0.5, 0.6) is 17.2 Å². The average molecular weight is 438 g/mol. The molecule has 0 bridgehead atoms. The van der Waals surface area contributed by atoms with Crippen molar-refractivity contribution in [3.63, 3.8) is 0 Å². The van der Waals surface area contributed by atoms with E-state index in [9.17, 15) is 0 Å². The molecular formula is C24H31N5O3. The molecule has 0 aliphatic carbocycles. The van der Waals surface area contributed by atoms with Crippen molar-refractivity contribution in [3.8, 4) is 22.9 Å². The summed E-state index contributed by atoms with van der Waals surface area (Å²) in [5.41, 5.74) is 5.17. The number of ether oxygens (including phenoxy) is 3. The number of para-hydroxylation sites is 1. The predicted octanol–water partition coefficient (Wildman–Crippen LogP) is 3.38. The highest BCUT2D eigenvalue weighted by atomic mass is 16.5. The third-order valence-corrected chi connectivity index (χ3v) is 5.13. The van der Waals surface area contributed by atoms with Crippen molar-refractivity contribution in [2.75, 3.05) is 28.4 Å². The van der Waals surface area contributed by atoms with E-state index in [1.807, 2.05) is 35.9 Å². The van der Waals surface area contributed by atoms with E-state index in [1.54, 1.807) is 28.4 Å². The second kappa shape index (κ2) is 10.6. The maximum atomic E-state index is 5.57. The Kier molecular flexibility index (Phi) is 7.59. The summed E-state index contributed by atoms with van der Waals surface area (Å²) in [6.07, 6.45) is 0. The Hall–Kier alpha value is -3.68. The first-order chi connectivity index (χ1) is 15.5. The summed E-state index contributed by atoms with van der Waals surface area (Å²) >= 11 is 0. The van der Waals surface area contributed by atoms with E-state index in [1.165, 1.54) is 0 Å². The number of hydrogen-bond acceptors (Lipinski definition) is 5. The molecule has 3 rings (SSSR count). The molecule has 2 aromatic carbocycles. The van der Waals surface area contributed by atoms with Crippen molar-refractivity contribution in [1.82, 2.24) is 20.4 Å². The molecule has 2 N–H and O–H groups in total. The molecule has 0 radical (unpaired) electrons. The van der Waals surface area contributed by atoms with E-state index in [0.717, 1.165) is 28.2 Å². The maximum absolute atomic E-state index is 5.57. The highest BCUT2D eigenvalue weighted by Crippen LogP contribution is 2.39. The lowest BCUT2D eigenvalue weighted by Crippen LogP contribution is -2.36. The van der Waals surface area contributed by atoms with Gasteiger partial charge in [-0.25, -0.2) is 4.68 Å². The highest BCUT2D eigenvalue weighted by molar-refractivity contribution is 5.79. The standard InChI is InChI=1S/C24H31N5O3/c1-16-13-17(2)29(28-16)20-10-8-7-9-18(20)14-26-24(25-3)27-15-19-11-12-21(30-4)23(32-6)22(19)31-5/h7-13H,14-15H2,1-6H3,(H2,25,26,27). The molecule has 0 unspecified atom stereocenters. The SMILES string of the molecule is CN=C(NCc1ccccc1-n1nc(C)cc1C)NCc1ccc(OC)c(OC)c1OC. The molecule has 0 saturated carbocycles. The first-order valence-corrected chi connectivity index (χ1v) is 10.4. The molecular weight excluding hydrogens is 406 g/mol. The van der Waals surface area contributed by atoms with E-state index in [2.05, 4.69) is 45.8 Å². The number of hydrogen-bond donors (Lipinski definition) is 2. The van der Waals surface area contributed by atoms with E-state index in [4.69, 9.17) is 14.2 Å². The molecule has 0 saturated heterocycles. The molecule has 32 heavy (non-hydrogen) atoms. The van der Waals surface area contributed by atoms with Crippen molar-refractivity contribution < 1.29 is 14.2 Å². The zero-order chi connectivity index (χ0) is 23.1. The molecule has 1 heterocycles. The van der Waals surface area contributed by atoms with Crippen molar-refractivity contribution in [2.45, 2.75) is 26.9 Å². The van der Waals surface area contributed by atoms with Gasteiger partial charge in [-0.2, -0.15) is 5.10 Å². The topological polar surface area (TPSA) is 81.9 Å². The zero-order valence-corrected chi connectivity index (χ0v) is 19.5. The van der Waals surface area contributed by atoms with Crippen LogP contribution < -0.4 is 24.8 Å². The van der Waals surface area contributed by atoms with E-state index in [0.29, 0.717) is 36.3 Å². The van der Waals surface area contributed by atoms with Crippen LogP contribution in [0.2, 0.25) is 0 Å². The number of nitrogens with zero attached hydrogens (tertiary/aromatic N) is 3. The van der Waals surface area contributed by atoms with Gasteiger partial charge in [0.05, 0.1) is 32.7 Å². The normalized spacial score (nSPS) is 11.2. The Bertz CT molecular complexity index is 1090. The van der Waals surface area contributed by atoms with Crippen molar-refractivity contribution >= 4 is 5.96 Å². The molecule has 0 spiro atoms. The van der Waals surface area contributed by atoms with E-state index < -0.39 is 0 Å². The van der Waals surface area contributed by atoms with Gasteiger partial charge in [0.1, 0.15) is 0 Å². The van der Waals surface area contributed by atoms with Gasteiger partial charge in [-0.3, -0.25) is 4.99 Å². The number of guanidine groups is 1. The molecule has 3 aromatic rings. The number of nitrogens with one attached hydrogen (secondary N) is 2. The fourth-order valence-electron chi connectivity index (χ4n) is 3.62. The summed E-state index contributed by atoms with van der Waals surface area (Å²) in [6.45, 7) is 5.15. The van der Waals surface area contributed by atoms with Gasteiger partial charge in [-0.05, 0) is 43.7 Å². The maximum Gasteiger partial charge on any atom is 0.203 e. The first-order valence-electron chi connectivity index (χ1n) is 10.4. The lowest BCUT2D eigenvalue weighted by Gasteiger charge is -2.18. The lowest BCUT2D eigenvalue weighted by molar-refractivity contribution is 0.322. The summed E-state index contributed by atoms with van der Waals surface area (Å²) in [5, 5.41) is 11.3. The Balaban J connectivity index is 1.72. The van der Waals surface area contributed by atoms with Crippen LogP contribution in [0.1, 0.15) is 22.5 Å². The minimum absolute atomic E-state index is 0.502. The molecule has 0 aliphatic rings. The van der Waals surface area contributed by atoms with Crippen LogP contribution in [0.25, 0.3) is 5.69 Å². The Morgan fingerprint density at radius 1 is 0.906 bits per heavy atom. The Labute approximate surface area is 189 Å². The Morgan fingerprint density at radius 3 is 2.19 bits per heavy atom. The predicted molar refractivity (Wildman–Crippen MR) is 126 cm³/mol. The smallest absolute Gasteiger partial charge is 0.203 e. The van der Waals surface area contributed by atoms with Gasteiger partial charge >= 0.3 is 0 Å².